The second-order valence-electron chi connectivity index (χ2n) is 9.89. The number of ether oxygens (including phenoxy) is 3. The number of nitrogens with zero attached hydrogens (tertiary/aromatic N) is 5. The summed E-state index contributed by atoms with van der Waals surface area (Å²) in [5.41, 5.74) is 5.00. The van der Waals surface area contributed by atoms with Crippen LogP contribution in [0.2, 0.25) is 0 Å². The van der Waals surface area contributed by atoms with Gasteiger partial charge < -0.3 is 33.8 Å². The van der Waals surface area contributed by atoms with E-state index in [2.05, 4.69) is 30.6 Å². The first-order valence-electron chi connectivity index (χ1n) is 13.6. The number of hydrogen-bond acceptors (Lipinski definition) is 11. The number of esters is 1. The van der Waals surface area contributed by atoms with Gasteiger partial charge in [0.1, 0.15) is 47.0 Å². The second-order valence-corrected chi connectivity index (χ2v) is 9.89. The van der Waals surface area contributed by atoms with Crippen molar-refractivity contribution in [2.45, 2.75) is 13.5 Å². The first-order chi connectivity index (χ1) is 21.4. The zero-order chi connectivity index (χ0) is 30.6. The van der Waals surface area contributed by atoms with Gasteiger partial charge in [0.25, 0.3) is 0 Å². The van der Waals surface area contributed by atoms with Crippen molar-refractivity contribution in [1.29, 1.82) is 0 Å². The minimum Gasteiger partial charge on any atom is -0.497 e. The van der Waals surface area contributed by atoms with E-state index in [1.807, 2.05) is 79.2 Å². The molecule has 12 heteroatoms. The van der Waals surface area contributed by atoms with E-state index in [1.165, 1.54) is 19.7 Å². The number of benzene rings is 3. The fourth-order valence-electron chi connectivity index (χ4n) is 4.62. The van der Waals surface area contributed by atoms with Crippen LogP contribution < -0.4 is 20.1 Å². The average molecular weight is 592 g/mol. The third kappa shape index (κ3) is 5.86. The molecule has 0 radical (unpaired) electrons. The van der Waals surface area contributed by atoms with Crippen LogP contribution in [0, 0.1) is 6.92 Å². The van der Waals surface area contributed by atoms with Crippen LogP contribution in [-0.2, 0) is 18.3 Å². The summed E-state index contributed by atoms with van der Waals surface area (Å²) in [6.07, 6.45) is 4.45. The van der Waals surface area contributed by atoms with Crippen molar-refractivity contribution >= 4 is 34.3 Å². The highest BCUT2D eigenvalue weighted by atomic mass is 16.5. The summed E-state index contributed by atoms with van der Waals surface area (Å²) in [5.74, 6) is 2.56. The first kappa shape index (κ1) is 28.2. The Morgan fingerprint density at radius 2 is 1.75 bits per heavy atom. The lowest BCUT2D eigenvalue weighted by Crippen LogP contribution is -2.07. The van der Waals surface area contributed by atoms with Crippen molar-refractivity contribution < 1.29 is 23.4 Å². The fraction of sp³-hybridized carbons (Fsp3) is 0.156. The maximum Gasteiger partial charge on any atom is 0.360 e. The number of aromatic nitrogens is 5. The largest absolute Gasteiger partial charge is 0.497 e. The van der Waals surface area contributed by atoms with E-state index >= 15 is 0 Å². The van der Waals surface area contributed by atoms with Crippen molar-refractivity contribution in [3.05, 3.63) is 96.4 Å². The third-order valence-electron chi connectivity index (χ3n) is 6.94. The van der Waals surface area contributed by atoms with Crippen molar-refractivity contribution in [3.8, 4) is 28.7 Å². The van der Waals surface area contributed by atoms with Gasteiger partial charge in [0.15, 0.2) is 5.69 Å². The maximum atomic E-state index is 12.1. The number of anilines is 3. The quantitative estimate of drug-likeness (QED) is 0.174. The number of nitrogens with one attached hydrogen (secondary N) is 2. The Hall–Kier alpha value is -5.91. The summed E-state index contributed by atoms with van der Waals surface area (Å²) in [6.45, 7) is 2.41. The van der Waals surface area contributed by atoms with Gasteiger partial charge in [-0.2, -0.15) is 0 Å². The lowest BCUT2D eigenvalue weighted by molar-refractivity contribution is 0.0594. The number of rotatable bonds is 10. The molecule has 0 aliphatic heterocycles. The minimum atomic E-state index is -0.618. The predicted octanol–water partition coefficient (Wildman–Crippen LogP) is 6.27. The highest BCUT2D eigenvalue weighted by Gasteiger charge is 2.22. The zero-order valence-electron chi connectivity index (χ0n) is 24.5. The average Bonchev–Trinajstić information content (AvgIpc) is 3.68. The molecule has 0 saturated heterocycles. The van der Waals surface area contributed by atoms with E-state index in [0.29, 0.717) is 35.2 Å². The van der Waals surface area contributed by atoms with Crippen LogP contribution >= 0.6 is 0 Å². The Morgan fingerprint density at radius 1 is 0.955 bits per heavy atom. The van der Waals surface area contributed by atoms with Gasteiger partial charge in [0.2, 0.25) is 5.89 Å². The summed E-state index contributed by atoms with van der Waals surface area (Å²) in [7, 11) is 4.86. The molecule has 0 aliphatic carbocycles. The smallest absolute Gasteiger partial charge is 0.360 e. The van der Waals surface area contributed by atoms with Gasteiger partial charge in [-0.1, -0.05) is 12.1 Å². The van der Waals surface area contributed by atoms with Crippen molar-refractivity contribution in [1.82, 2.24) is 24.5 Å². The summed E-state index contributed by atoms with van der Waals surface area (Å²) in [6, 6.07) is 19.2. The van der Waals surface area contributed by atoms with Crippen LogP contribution in [0.3, 0.4) is 0 Å². The van der Waals surface area contributed by atoms with Crippen LogP contribution in [0.25, 0.3) is 22.5 Å². The molecule has 0 aliphatic rings. The molecule has 0 saturated carbocycles. The van der Waals surface area contributed by atoms with Crippen LogP contribution in [-0.4, -0.2) is 44.7 Å². The second kappa shape index (κ2) is 12.1. The molecule has 0 fully saturated rings. The number of fused-ring (bicyclic) bond motifs is 1. The molecule has 12 nitrogen and oxygen atoms in total. The number of imidazole rings is 1. The molecule has 0 atom stereocenters. The standard InChI is InChI=1S/C32H29N7O5/c1-19-13-21(7-12-27(19)44-23-10-11-26-24(14-23)36-18-39(26)2)37-30-28(31-38-25(16-43-31)32(40)42-4)29(34-17-35-30)33-15-20-5-8-22(41-3)9-6-20/h5-14,16-18H,15H2,1-4H3,(H2,33,34,35,37). The fourth-order valence-corrected chi connectivity index (χ4v) is 4.62. The zero-order valence-corrected chi connectivity index (χ0v) is 24.5. The molecule has 2 N–H and O–H groups in total. The predicted molar refractivity (Wildman–Crippen MR) is 164 cm³/mol. The van der Waals surface area contributed by atoms with Gasteiger partial charge in [-0.25, -0.2) is 24.7 Å². The maximum absolute atomic E-state index is 12.1. The molecule has 6 aromatic rings. The van der Waals surface area contributed by atoms with Crippen molar-refractivity contribution in [2.24, 2.45) is 7.05 Å². The minimum absolute atomic E-state index is 0.0274. The van der Waals surface area contributed by atoms with E-state index in [4.69, 9.17) is 18.6 Å². The highest BCUT2D eigenvalue weighted by molar-refractivity contribution is 5.89. The van der Waals surface area contributed by atoms with Crippen molar-refractivity contribution in [3.63, 3.8) is 0 Å². The molecule has 0 spiro atoms. The van der Waals surface area contributed by atoms with Gasteiger partial charge in [0, 0.05) is 25.3 Å². The molecule has 222 valence electrons. The topological polar surface area (TPSA) is 138 Å². The van der Waals surface area contributed by atoms with Crippen molar-refractivity contribution in [2.75, 3.05) is 24.9 Å². The molecule has 6 rings (SSSR count). The number of hydrogen-bond donors (Lipinski definition) is 2. The molecule has 3 heterocycles. The number of carbonyl (C=O) groups excluding carboxylic acids is 1. The van der Waals surface area contributed by atoms with Gasteiger partial charge >= 0.3 is 5.97 Å². The molecule has 0 amide bonds. The first-order valence-corrected chi connectivity index (χ1v) is 13.6. The van der Waals surface area contributed by atoms with Crippen LogP contribution in [0.5, 0.6) is 17.2 Å². The Morgan fingerprint density at radius 3 is 2.52 bits per heavy atom. The normalized spacial score (nSPS) is 10.9. The SMILES string of the molecule is COC(=O)c1coc(-c2c(NCc3ccc(OC)cc3)ncnc2Nc2ccc(Oc3ccc4c(c3)ncn4C)c(C)c2)n1. The molecule has 44 heavy (non-hydrogen) atoms. The number of aryl methyl sites for hydroxylation is 2. The van der Waals surface area contributed by atoms with Gasteiger partial charge in [0.05, 0.1) is 31.6 Å². The highest BCUT2D eigenvalue weighted by Crippen LogP contribution is 2.35. The van der Waals surface area contributed by atoms with E-state index in [1.54, 1.807) is 13.4 Å². The van der Waals surface area contributed by atoms with E-state index in [0.717, 1.165) is 33.6 Å². The monoisotopic (exact) mass is 591 g/mol. The van der Waals surface area contributed by atoms with Crippen LogP contribution in [0.1, 0.15) is 21.6 Å². The molecule has 3 aromatic heterocycles. The molecule has 0 bridgehead atoms. The molecular formula is C32H29N7O5. The Labute approximate surface area is 252 Å². The van der Waals surface area contributed by atoms with Crippen LogP contribution in [0.15, 0.2) is 84.0 Å². The van der Waals surface area contributed by atoms with Gasteiger partial charge in [-0.05, 0) is 60.5 Å². The van der Waals surface area contributed by atoms with E-state index < -0.39 is 5.97 Å². The van der Waals surface area contributed by atoms with E-state index in [-0.39, 0.29) is 11.6 Å². The third-order valence-corrected chi connectivity index (χ3v) is 6.94. The molecule has 0 unspecified atom stereocenters. The number of methoxy groups -OCH3 is 2. The Kier molecular flexibility index (Phi) is 7.78. The summed E-state index contributed by atoms with van der Waals surface area (Å²) in [4.78, 5) is 29.8. The lowest BCUT2D eigenvalue weighted by atomic mass is 10.2. The number of carbonyl (C=O) groups is 1. The number of oxazole rings is 1. The van der Waals surface area contributed by atoms with Gasteiger partial charge in [-0.3, -0.25) is 0 Å². The molecule has 3 aromatic carbocycles. The van der Waals surface area contributed by atoms with Gasteiger partial charge in [-0.15, -0.1) is 0 Å². The lowest BCUT2D eigenvalue weighted by Gasteiger charge is -2.15. The summed E-state index contributed by atoms with van der Waals surface area (Å²) >= 11 is 0. The van der Waals surface area contributed by atoms with E-state index in [9.17, 15) is 4.79 Å². The Balaban J connectivity index is 1.28. The van der Waals surface area contributed by atoms with Crippen LogP contribution in [0.4, 0.5) is 17.3 Å². The summed E-state index contributed by atoms with van der Waals surface area (Å²) < 4.78 is 23.9. The molecular weight excluding hydrogens is 562 g/mol. The summed E-state index contributed by atoms with van der Waals surface area (Å²) in [5, 5.41) is 6.68. The Bertz CT molecular complexity index is 1950.